The number of hydrogen-bond donors (Lipinski definition) is 2. The minimum absolute atomic E-state index is 0.0282. The highest BCUT2D eigenvalue weighted by atomic mass is 19.1. The average Bonchev–Trinajstić information content (AvgIpc) is 2.76. The lowest BCUT2D eigenvalue weighted by Gasteiger charge is -2.29. The Kier molecular flexibility index (Phi) is 5.68. The second-order valence-electron chi connectivity index (χ2n) is 7.50. The van der Waals surface area contributed by atoms with E-state index in [2.05, 4.69) is 16.4 Å². The van der Waals surface area contributed by atoms with Crippen LogP contribution in [0.2, 0.25) is 0 Å². The molecule has 3 aromatic rings. The Bertz CT molecular complexity index is 1110. The van der Waals surface area contributed by atoms with Crippen LogP contribution < -0.4 is 20.5 Å². The molecule has 154 valence electrons. The van der Waals surface area contributed by atoms with Gasteiger partial charge in [0.1, 0.15) is 29.1 Å². The first-order valence-corrected chi connectivity index (χ1v) is 9.98. The number of nitriles is 1. The number of nitrogens with two attached hydrogens (primary N) is 1. The molecule has 1 aromatic heterocycles. The van der Waals surface area contributed by atoms with Crippen molar-refractivity contribution in [1.29, 1.82) is 5.26 Å². The number of hydrogen-bond acceptors (Lipinski definition) is 6. The molecular formula is C23H23FN4O2. The molecule has 2 heterocycles. The van der Waals surface area contributed by atoms with Crippen LogP contribution in [-0.4, -0.2) is 24.2 Å². The number of nitrogens with zero attached hydrogens (tertiary/aromatic N) is 2. The molecule has 0 spiro atoms. The normalized spacial score (nSPS) is 17.3. The largest absolute Gasteiger partial charge is 0.489 e. The summed E-state index contributed by atoms with van der Waals surface area (Å²) in [6.45, 7) is 3.98. The molecule has 0 radical (unpaired) electrons. The van der Waals surface area contributed by atoms with Crippen molar-refractivity contribution in [3.05, 3.63) is 54.0 Å². The Morgan fingerprint density at radius 2 is 2.13 bits per heavy atom. The highest BCUT2D eigenvalue weighted by molar-refractivity contribution is 5.88. The first-order chi connectivity index (χ1) is 14.5. The van der Waals surface area contributed by atoms with Gasteiger partial charge >= 0.3 is 0 Å². The third kappa shape index (κ3) is 4.14. The van der Waals surface area contributed by atoms with Crippen molar-refractivity contribution in [3.8, 4) is 23.3 Å². The summed E-state index contributed by atoms with van der Waals surface area (Å²) in [5.74, 6) is 1.13. The summed E-state index contributed by atoms with van der Waals surface area (Å²) in [5, 5.41) is 13.7. The molecule has 1 fully saturated rings. The molecule has 1 aliphatic rings. The molecule has 0 amide bonds. The Labute approximate surface area is 174 Å². The Balaban J connectivity index is 1.65. The zero-order valence-corrected chi connectivity index (χ0v) is 16.7. The molecule has 2 aromatic carbocycles. The Morgan fingerprint density at radius 3 is 2.87 bits per heavy atom. The van der Waals surface area contributed by atoms with Crippen LogP contribution in [0.4, 0.5) is 10.1 Å². The summed E-state index contributed by atoms with van der Waals surface area (Å²) >= 11 is 0. The van der Waals surface area contributed by atoms with Crippen LogP contribution in [0.3, 0.4) is 0 Å². The fourth-order valence-corrected chi connectivity index (χ4v) is 3.70. The number of ether oxygens (including phenoxy) is 2. The van der Waals surface area contributed by atoms with E-state index >= 15 is 0 Å². The van der Waals surface area contributed by atoms with Gasteiger partial charge in [-0.2, -0.15) is 5.26 Å². The summed E-state index contributed by atoms with van der Waals surface area (Å²) in [5.41, 5.74) is 6.61. The predicted octanol–water partition coefficient (Wildman–Crippen LogP) is 4.39. The lowest BCUT2D eigenvalue weighted by molar-refractivity contribution is 0.131. The van der Waals surface area contributed by atoms with Crippen molar-refractivity contribution >= 4 is 16.6 Å². The fourth-order valence-electron chi connectivity index (χ4n) is 3.70. The minimum atomic E-state index is -0.551. The van der Waals surface area contributed by atoms with Gasteiger partial charge in [-0.25, -0.2) is 4.39 Å². The maximum absolute atomic E-state index is 13.8. The Hall–Kier alpha value is -3.37. The van der Waals surface area contributed by atoms with Crippen molar-refractivity contribution in [1.82, 2.24) is 10.3 Å². The second kappa shape index (κ2) is 8.56. The maximum atomic E-state index is 13.8. The van der Waals surface area contributed by atoms with Crippen LogP contribution in [0.1, 0.15) is 25.3 Å². The lowest BCUT2D eigenvalue weighted by atomic mass is 9.94. The van der Waals surface area contributed by atoms with E-state index in [9.17, 15) is 9.65 Å². The maximum Gasteiger partial charge on any atom is 0.149 e. The summed E-state index contributed by atoms with van der Waals surface area (Å²) in [4.78, 5) is 4.40. The number of halogens is 1. The van der Waals surface area contributed by atoms with Gasteiger partial charge < -0.3 is 20.5 Å². The van der Waals surface area contributed by atoms with Crippen molar-refractivity contribution in [2.24, 2.45) is 5.92 Å². The number of nitrogen functional groups attached to an aromatic ring is 1. The van der Waals surface area contributed by atoms with Gasteiger partial charge in [-0.15, -0.1) is 0 Å². The molecule has 30 heavy (non-hydrogen) atoms. The molecule has 2 unspecified atom stereocenters. The molecule has 1 aliphatic heterocycles. The monoisotopic (exact) mass is 406 g/mol. The first kappa shape index (κ1) is 19.9. The van der Waals surface area contributed by atoms with Crippen LogP contribution in [0.5, 0.6) is 17.2 Å². The molecule has 1 saturated heterocycles. The third-order valence-corrected chi connectivity index (χ3v) is 5.43. The summed E-state index contributed by atoms with van der Waals surface area (Å²) in [6, 6.07) is 11.6. The van der Waals surface area contributed by atoms with Crippen molar-refractivity contribution in [2.45, 2.75) is 25.9 Å². The van der Waals surface area contributed by atoms with Crippen molar-refractivity contribution in [2.75, 3.05) is 18.8 Å². The van der Waals surface area contributed by atoms with Gasteiger partial charge in [0.2, 0.25) is 0 Å². The second-order valence-corrected chi connectivity index (χ2v) is 7.50. The number of aromatic nitrogens is 1. The number of benzene rings is 2. The van der Waals surface area contributed by atoms with Crippen molar-refractivity contribution in [3.63, 3.8) is 0 Å². The number of nitrogens with one attached hydrogen (secondary N) is 1. The molecule has 0 bridgehead atoms. The van der Waals surface area contributed by atoms with E-state index in [4.69, 9.17) is 15.2 Å². The standard InChI is InChI=1S/C23H23FN4O2/c1-14(15-3-2-7-27-13-15)29-23-11-21-18(9-16(23)12-25)22(6-8-28-21)30-17-4-5-20(26)19(24)10-17/h4-6,8-11,14-15,27H,2-3,7,13,26H2,1H3. The van der Waals surface area contributed by atoms with Gasteiger partial charge in [0.15, 0.2) is 0 Å². The number of fused-ring (bicyclic) bond motifs is 1. The topological polar surface area (TPSA) is 93.2 Å². The van der Waals surface area contributed by atoms with Gasteiger partial charge in [-0.1, -0.05) is 0 Å². The molecule has 6 nitrogen and oxygen atoms in total. The zero-order chi connectivity index (χ0) is 21.1. The van der Waals surface area contributed by atoms with Crippen molar-refractivity contribution < 1.29 is 13.9 Å². The van der Waals surface area contributed by atoms with Crippen LogP contribution in [-0.2, 0) is 0 Å². The van der Waals surface area contributed by atoms with E-state index in [1.54, 1.807) is 30.5 Å². The van der Waals surface area contributed by atoms with Gasteiger partial charge in [0, 0.05) is 36.2 Å². The number of rotatable bonds is 5. The zero-order valence-electron chi connectivity index (χ0n) is 16.7. The van der Waals surface area contributed by atoms with E-state index in [0.29, 0.717) is 39.6 Å². The van der Waals surface area contributed by atoms with Gasteiger partial charge in [0.25, 0.3) is 0 Å². The summed E-state index contributed by atoms with van der Waals surface area (Å²) in [7, 11) is 0. The first-order valence-electron chi connectivity index (χ1n) is 9.98. The van der Waals surface area contributed by atoms with E-state index in [0.717, 1.165) is 25.9 Å². The average molecular weight is 406 g/mol. The summed E-state index contributed by atoms with van der Waals surface area (Å²) < 4.78 is 25.8. The summed E-state index contributed by atoms with van der Waals surface area (Å²) in [6.07, 6.45) is 3.79. The Morgan fingerprint density at radius 1 is 1.27 bits per heavy atom. The van der Waals surface area contributed by atoms with Gasteiger partial charge in [0.05, 0.1) is 22.9 Å². The number of pyridine rings is 1. The molecule has 7 heteroatoms. The molecule has 0 aliphatic carbocycles. The van der Waals surface area contributed by atoms with Crippen LogP contribution in [0.15, 0.2) is 42.6 Å². The van der Waals surface area contributed by atoms with E-state index in [-0.39, 0.29) is 11.8 Å². The highest BCUT2D eigenvalue weighted by Crippen LogP contribution is 2.34. The predicted molar refractivity (Wildman–Crippen MR) is 113 cm³/mol. The highest BCUT2D eigenvalue weighted by Gasteiger charge is 2.22. The number of anilines is 1. The number of piperidine rings is 1. The van der Waals surface area contributed by atoms with Crippen LogP contribution in [0, 0.1) is 23.1 Å². The smallest absolute Gasteiger partial charge is 0.149 e. The lowest BCUT2D eigenvalue weighted by Crippen LogP contribution is -2.38. The molecule has 4 rings (SSSR count). The van der Waals surface area contributed by atoms with Gasteiger partial charge in [-0.05, 0) is 50.6 Å². The molecule has 3 N–H and O–H groups in total. The van der Waals surface area contributed by atoms with Crippen LogP contribution >= 0.6 is 0 Å². The molecule has 2 atom stereocenters. The quantitative estimate of drug-likeness (QED) is 0.611. The third-order valence-electron chi connectivity index (χ3n) is 5.43. The van der Waals surface area contributed by atoms with E-state index in [1.807, 2.05) is 6.92 Å². The SMILES string of the molecule is CC(Oc1cc2nccc(Oc3ccc(N)c(F)c3)c2cc1C#N)C1CCCNC1. The minimum Gasteiger partial charge on any atom is -0.489 e. The van der Waals surface area contributed by atoms with Gasteiger partial charge in [-0.3, -0.25) is 4.98 Å². The van der Waals surface area contributed by atoms with E-state index in [1.165, 1.54) is 12.1 Å². The molecule has 0 saturated carbocycles. The van der Waals surface area contributed by atoms with Crippen LogP contribution in [0.25, 0.3) is 10.9 Å². The molecular weight excluding hydrogens is 383 g/mol. The fraction of sp³-hybridized carbons (Fsp3) is 0.304. The van der Waals surface area contributed by atoms with E-state index < -0.39 is 5.82 Å².